The molecule has 0 N–H and O–H groups in total. The molecule has 0 spiro atoms. The fraction of sp³-hybridized carbons (Fsp3) is 0.250. The SMILES string of the molecule is CCN(c1cccc(C)c1)S(=O)(=O)c1ccc(OC)cc1. The molecular formula is C16H19NO3S. The van der Waals surface area contributed by atoms with E-state index in [4.69, 9.17) is 4.74 Å². The average molecular weight is 305 g/mol. The van der Waals surface area contributed by atoms with Crippen LogP contribution in [-0.2, 0) is 10.0 Å². The third kappa shape index (κ3) is 3.19. The Morgan fingerprint density at radius 3 is 2.29 bits per heavy atom. The number of rotatable bonds is 5. The summed E-state index contributed by atoms with van der Waals surface area (Å²) in [6.45, 7) is 4.14. The van der Waals surface area contributed by atoms with E-state index in [-0.39, 0.29) is 4.90 Å². The lowest BCUT2D eigenvalue weighted by Gasteiger charge is -2.23. The molecule has 0 aliphatic rings. The Hall–Kier alpha value is -2.01. The van der Waals surface area contributed by atoms with E-state index >= 15 is 0 Å². The zero-order valence-electron chi connectivity index (χ0n) is 12.4. The number of aryl methyl sites for hydroxylation is 1. The van der Waals surface area contributed by atoms with Gasteiger partial charge in [-0.15, -0.1) is 0 Å². The summed E-state index contributed by atoms with van der Waals surface area (Å²) in [7, 11) is -2.02. The van der Waals surface area contributed by atoms with Gasteiger partial charge in [0.2, 0.25) is 0 Å². The van der Waals surface area contributed by atoms with Gasteiger partial charge in [-0.2, -0.15) is 0 Å². The zero-order valence-corrected chi connectivity index (χ0v) is 13.2. The van der Waals surface area contributed by atoms with E-state index in [1.165, 1.54) is 4.31 Å². The van der Waals surface area contributed by atoms with Gasteiger partial charge in [-0.05, 0) is 55.8 Å². The van der Waals surface area contributed by atoms with E-state index in [1.54, 1.807) is 37.4 Å². The first-order valence-electron chi connectivity index (χ1n) is 6.72. The van der Waals surface area contributed by atoms with Crippen LogP contribution in [0.1, 0.15) is 12.5 Å². The van der Waals surface area contributed by atoms with Crippen LogP contribution in [0.4, 0.5) is 5.69 Å². The second kappa shape index (κ2) is 6.18. The molecule has 0 saturated carbocycles. The van der Waals surface area contributed by atoms with Gasteiger partial charge in [0.25, 0.3) is 10.0 Å². The van der Waals surface area contributed by atoms with Gasteiger partial charge in [-0.3, -0.25) is 4.31 Å². The maximum absolute atomic E-state index is 12.8. The van der Waals surface area contributed by atoms with Gasteiger partial charge in [-0.1, -0.05) is 12.1 Å². The van der Waals surface area contributed by atoms with Crippen LogP contribution in [0.3, 0.4) is 0 Å². The van der Waals surface area contributed by atoms with Gasteiger partial charge in [0.1, 0.15) is 5.75 Å². The minimum atomic E-state index is -3.57. The molecule has 2 rings (SSSR count). The molecule has 0 bridgehead atoms. The normalized spacial score (nSPS) is 11.2. The van der Waals surface area contributed by atoms with Gasteiger partial charge in [-0.25, -0.2) is 8.42 Å². The highest BCUT2D eigenvalue weighted by Crippen LogP contribution is 2.25. The number of anilines is 1. The Balaban J connectivity index is 2.44. The number of sulfonamides is 1. The molecule has 0 aliphatic heterocycles. The van der Waals surface area contributed by atoms with Crippen LogP contribution < -0.4 is 9.04 Å². The molecule has 5 heteroatoms. The smallest absolute Gasteiger partial charge is 0.264 e. The molecule has 0 unspecified atom stereocenters. The molecule has 0 aliphatic carbocycles. The highest BCUT2D eigenvalue weighted by Gasteiger charge is 2.23. The monoisotopic (exact) mass is 305 g/mol. The first-order valence-corrected chi connectivity index (χ1v) is 8.16. The predicted molar refractivity (Wildman–Crippen MR) is 84.4 cm³/mol. The van der Waals surface area contributed by atoms with E-state index in [1.807, 2.05) is 32.0 Å². The van der Waals surface area contributed by atoms with Gasteiger partial charge < -0.3 is 4.74 Å². The van der Waals surface area contributed by atoms with E-state index < -0.39 is 10.0 Å². The largest absolute Gasteiger partial charge is 0.497 e. The second-order valence-electron chi connectivity index (χ2n) is 4.68. The van der Waals surface area contributed by atoms with Gasteiger partial charge in [0.05, 0.1) is 17.7 Å². The molecule has 0 fully saturated rings. The molecule has 0 radical (unpaired) electrons. The predicted octanol–water partition coefficient (Wildman–Crippen LogP) is 3.22. The first-order chi connectivity index (χ1) is 9.98. The fourth-order valence-corrected chi connectivity index (χ4v) is 3.61. The number of hydrogen-bond acceptors (Lipinski definition) is 3. The average Bonchev–Trinajstić information content (AvgIpc) is 2.48. The summed E-state index contributed by atoms with van der Waals surface area (Å²) < 4.78 is 32.0. The minimum Gasteiger partial charge on any atom is -0.497 e. The molecule has 2 aromatic carbocycles. The summed E-state index contributed by atoms with van der Waals surface area (Å²) in [6, 6.07) is 13.9. The molecule has 4 nitrogen and oxygen atoms in total. The first kappa shape index (κ1) is 15.4. The highest BCUT2D eigenvalue weighted by molar-refractivity contribution is 7.92. The van der Waals surface area contributed by atoms with Crippen LogP contribution in [0.5, 0.6) is 5.75 Å². The molecule has 21 heavy (non-hydrogen) atoms. The topological polar surface area (TPSA) is 46.6 Å². The molecule has 112 valence electrons. The second-order valence-corrected chi connectivity index (χ2v) is 6.55. The summed E-state index contributed by atoms with van der Waals surface area (Å²) in [5, 5.41) is 0. The van der Waals surface area contributed by atoms with E-state index in [9.17, 15) is 8.42 Å². The number of nitrogens with zero attached hydrogens (tertiary/aromatic N) is 1. The van der Waals surface area contributed by atoms with Crippen molar-refractivity contribution in [2.75, 3.05) is 18.0 Å². The van der Waals surface area contributed by atoms with Crippen LogP contribution in [0, 0.1) is 6.92 Å². The van der Waals surface area contributed by atoms with Crippen molar-refractivity contribution in [1.82, 2.24) is 0 Å². The van der Waals surface area contributed by atoms with Crippen molar-refractivity contribution < 1.29 is 13.2 Å². The van der Waals surface area contributed by atoms with Crippen molar-refractivity contribution in [3.05, 3.63) is 54.1 Å². The highest BCUT2D eigenvalue weighted by atomic mass is 32.2. The third-order valence-electron chi connectivity index (χ3n) is 3.22. The van der Waals surface area contributed by atoms with Crippen LogP contribution in [0.15, 0.2) is 53.4 Å². The maximum atomic E-state index is 12.8. The van der Waals surface area contributed by atoms with Gasteiger partial charge >= 0.3 is 0 Å². The van der Waals surface area contributed by atoms with Crippen molar-refractivity contribution in [2.24, 2.45) is 0 Å². The number of hydrogen-bond donors (Lipinski definition) is 0. The number of benzene rings is 2. The lowest BCUT2D eigenvalue weighted by atomic mass is 10.2. The van der Waals surface area contributed by atoms with Crippen molar-refractivity contribution in [3.63, 3.8) is 0 Å². The van der Waals surface area contributed by atoms with Crippen molar-refractivity contribution in [3.8, 4) is 5.75 Å². The summed E-state index contributed by atoms with van der Waals surface area (Å²) in [5.74, 6) is 0.632. The Morgan fingerprint density at radius 1 is 1.10 bits per heavy atom. The quantitative estimate of drug-likeness (QED) is 0.852. The van der Waals surface area contributed by atoms with Crippen LogP contribution >= 0.6 is 0 Å². The lowest BCUT2D eigenvalue weighted by Crippen LogP contribution is -2.30. The fourth-order valence-electron chi connectivity index (χ4n) is 2.15. The van der Waals surface area contributed by atoms with E-state index in [0.29, 0.717) is 18.0 Å². The zero-order chi connectivity index (χ0) is 15.5. The third-order valence-corrected chi connectivity index (χ3v) is 5.14. The summed E-state index contributed by atoms with van der Waals surface area (Å²) in [5.41, 5.74) is 1.70. The van der Waals surface area contributed by atoms with Crippen molar-refractivity contribution in [1.29, 1.82) is 0 Å². The van der Waals surface area contributed by atoms with Crippen LogP contribution in [-0.4, -0.2) is 22.1 Å². The Labute approximate surface area is 126 Å². The standard InChI is InChI=1S/C16H19NO3S/c1-4-17(14-7-5-6-13(2)12-14)21(18,19)16-10-8-15(20-3)9-11-16/h5-12H,4H2,1-3H3. The van der Waals surface area contributed by atoms with Crippen molar-refractivity contribution in [2.45, 2.75) is 18.7 Å². The maximum Gasteiger partial charge on any atom is 0.264 e. The lowest BCUT2D eigenvalue weighted by molar-refractivity contribution is 0.414. The van der Waals surface area contributed by atoms with Crippen molar-refractivity contribution >= 4 is 15.7 Å². The molecule has 2 aromatic rings. The number of ether oxygens (including phenoxy) is 1. The van der Waals surface area contributed by atoms with Crippen LogP contribution in [0.2, 0.25) is 0 Å². The van der Waals surface area contributed by atoms with E-state index in [2.05, 4.69) is 0 Å². The van der Waals surface area contributed by atoms with E-state index in [0.717, 1.165) is 5.56 Å². The Morgan fingerprint density at radius 2 is 1.76 bits per heavy atom. The van der Waals surface area contributed by atoms with Gasteiger partial charge in [0, 0.05) is 6.54 Å². The number of methoxy groups -OCH3 is 1. The molecule has 0 aromatic heterocycles. The Kier molecular flexibility index (Phi) is 4.53. The Bertz CT molecular complexity index is 709. The minimum absolute atomic E-state index is 0.256. The molecular weight excluding hydrogens is 286 g/mol. The molecule has 0 atom stereocenters. The van der Waals surface area contributed by atoms with Gasteiger partial charge in [0.15, 0.2) is 0 Å². The summed E-state index contributed by atoms with van der Waals surface area (Å²) >= 11 is 0. The molecule has 0 heterocycles. The summed E-state index contributed by atoms with van der Waals surface area (Å²) in [6.07, 6.45) is 0. The van der Waals surface area contributed by atoms with Crippen LogP contribution in [0.25, 0.3) is 0 Å². The molecule has 0 amide bonds. The molecule has 0 saturated heterocycles. The summed E-state index contributed by atoms with van der Waals surface area (Å²) in [4.78, 5) is 0.256.